The van der Waals surface area contributed by atoms with Crippen LogP contribution in [0, 0.1) is 17.0 Å². The summed E-state index contributed by atoms with van der Waals surface area (Å²) in [6.07, 6.45) is 0. The quantitative estimate of drug-likeness (QED) is 0.313. The molecule has 0 heterocycles. The number of hydrogen-bond donors (Lipinski definition) is 2. The molecule has 0 atom stereocenters. The SMILES string of the molecule is C/C(=N/NC(=O)c1ccc(C)c([N+](=O)[O-])c1)c1cccc(NC(=O)c2ccc(Cl)cc2)c1. The number of aryl methyl sites for hydroxylation is 1. The van der Waals surface area contributed by atoms with Crippen LogP contribution in [0.2, 0.25) is 5.02 Å². The summed E-state index contributed by atoms with van der Waals surface area (Å²) >= 11 is 5.85. The molecule has 0 saturated heterocycles. The average molecular weight is 451 g/mol. The van der Waals surface area contributed by atoms with E-state index >= 15 is 0 Å². The first kappa shape index (κ1) is 22.6. The number of nitrogens with zero attached hydrogens (tertiary/aromatic N) is 2. The predicted octanol–water partition coefficient (Wildman–Crippen LogP) is 4.96. The van der Waals surface area contributed by atoms with Gasteiger partial charge in [-0.2, -0.15) is 5.10 Å². The molecule has 0 spiro atoms. The van der Waals surface area contributed by atoms with Crippen molar-refractivity contribution in [1.29, 1.82) is 0 Å². The standard InChI is InChI=1S/C23H19ClN4O4/c1-14-6-7-18(13-21(14)28(31)32)23(30)27-26-15(2)17-4-3-5-20(12-17)25-22(29)16-8-10-19(24)11-9-16/h3-13H,1-2H3,(H,25,29)(H,27,30)/b26-15-. The van der Waals surface area contributed by atoms with E-state index in [1.165, 1.54) is 18.2 Å². The average Bonchev–Trinajstić information content (AvgIpc) is 2.78. The molecule has 0 aromatic heterocycles. The minimum absolute atomic E-state index is 0.128. The molecule has 2 N–H and O–H groups in total. The highest BCUT2D eigenvalue weighted by Crippen LogP contribution is 2.19. The number of carbonyl (C=O) groups excluding carboxylic acids is 2. The first-order chi connectivity index (χ1) is 15.2. The van der Waals surface area contributed by atoms with E-state index in [0.29, 0.717) is 33.1 Å². The molecule has 0 unspecified atom stereocenters. The summed E-state index contributed by atoms with van der Waals surface area (Å²) in [4.78, 5) is 35.3. The van der Waals surface area contributed by atoms with Gasteiger partial charge in [-0.15, -0.1) is 0 Å². The minimum atomic E-state index is -0.570. The van der Waals surface area contributed by atoms with Crippen LogP contribution >= 0.6 is 11.6 Å². The van der Waals surface area contributed by atoms with Crippen LogP contribution in [0.15, 0.2) is 71.8 Å². The van der Waals surface area contributed by atoms with Crippen LogP contribution in [-0.2, 0) is 0 Å². The van der Waals surface area contributed by atoms with E-state index in [1.54, 1.807) is 62.4 Å². The third-order valence-electron chi connectivity index (χ3n) is 4.64. The van der Waals surface area contributed by atoms with Crippen LogP contribution in [0.4, 0.5) is 11.4 Å². The number of nitrogens with one attached hydrogen (secondary N) is 2. The second kappa shape index (κ2) is 9.84. The van der Waals surface area contributed by atoms with Crippen molar-refractivity contribution in [3.63, 3.8) is 0 Å². The molecule has 3 rings (SSSR count). The summed E-state index contributed by atoms with van der Waals surface area (Å²) in [6, 6.07) is 17.7. The topological polar surface area (TPSA) is 114 Å². The van der Waals surface area contributed by atoms with Crippen molar-refractivity contribution >= 4 is 40.5 Å². The van der Waals surface area contributed by atoms with Gasteiger partial charge in [0.1, 0.15) is 0 Å². The molecule has 3 aromatic carbocycles. The molecule has 2 amide bonds. The zero-order valence-electron chi connectivity index (χ0n) is 17.3. The minimum Gasteiger partial charge on any atom is -0.322 e. The number of rotatable bonds is 6. The van der Waals surface area contributed by atoms with E-state index in [2.05, 4.69) is 15.8 Å². The highest BCUT2D eigenvalue weighted by Gasteiger charge is 2.15. The molecule has 9 heteroatoms. The number of amides is 2. The highest BCUT2D eigenvalue weighted by molar-refractivity contribution is 6.30. The van der Waals surface area contributed by atoms with Gasteiger partial charge in [0.15, 0.2) is 0 Å². The maximum absolute atomic E-state index is 12.4. The molecule has 0 aliphatic heterocycles. The smallest absolute Gasteiger partial charge is 0.273 e. The fourth-order valence-electron chi connectivity index (χ4n) is 2.84. The van der Waals surface area contributed by atoms with Crippen molar-refractivity contribution in [3.05, 3.63) is 104 Å². The fraction of sp³-hybridized carbons (Fsp3) is 0.0870. The number of nitro groups is 1. The van der Waals surface area contributed by atoms with Gasteiger partial charge < -0.3 is 5.32 Å². The van der Waals surface area contributed by atoms with Gasteiger partial charge in [-0.1, -0.05) is 29.8 Å². The number of hydrazone groups is 1. The predicted molar refractivity (Wildman–Crippen MR) is 123 cm³/mol. The summed E-state index contributed by atoms with van der Waals surface area (Å²) < 4.78 is 0. The van der Waals surface area contributed by atoms with Crippen LogP contribution in [0.25, 0.3) is 0 Å². The fourth-order valence-corrected chi connectivity index (χ4v) is 2.96. The van der Waals surface area contributed by atoms with Crippen LogP contribution in [0.5, 0.6) is 0 Å². The van der Waals surface area contributed by atoms with E-state index in [1.807, 2.05) is 0 Å². The molecule has 162 valence electrons. The summed E-state index contributed by atoms with van der Waals surface area (Å²) in [5.74, 6) is -0.859. The number of carbonyl (C=O) groups is 2. The highest BCUT2D eigenvalue weighted by atomic mass is 35.5. The summed E-state index contributed by atoms with van der Waals surface area (Å²) in [6.45, 7) is 3.29. The molecular weight excluding hydrogens is 432 g/mol. The number of nitro benzene ring substituents is 1. The number of anilines is 1. The van der Waals surface area contributed by atoms with E-state index in [0.717, 1.165) is 0 Å². The van der Waals surface area contributed by atoms with Gasteiger partial charge in [-0.3, -0.25) is 19.7 Å². The van der Waals surface area contributed by atoms with Crippen molar-refractivity contribution in [2.24, 2.45) is 5.10 Å². The molecule has 0 aliphatic carbocycles. The van der Waals surface area contributed by atoms with Gasteiger partial charge in [-0.25, -0.2) is 5.43 Å². The Hall–Kier alpha value is -4.04. The number of halogens is 1. The zero-order chi connectivity index (χ0) is 23.3. The Morgan fingerprint density at radius 1 is 0.938 bits per heavy atom. The molecule has 32 heavy (non-hydrogen) atoms. The molecule has 0 fully saturated rings. The molecule has 0 aliphatic rings. The lowest BCUT2D eigenvalue weighted by Gasteiger charge is -2.08. The van der Waals surface area contributed by atoms with E-state index in [4.69, 9.17) is 11.6 Å². The third kappa shape index (κ3) is 5.55. The summed E-state index contributed by atoms with van der Waals surface area (Å²) in [5, 5.41) is 18.5. The van der Waals surface area contributed by atoms with Crippen molar-refractivity contribution in [1.82, 2.24) is 5.43 Å². The van der Waals surface area contributed by atoms with Crippen LogP contribution < -0.4 is 10.7 Å². The number of benzene rings is 3. The summed E-state index contributed by atoms with van der Waals surface area (Å²) in [5.41, 5.74) is 5.03. The van der Waals surface area contributed by atoms with Crippen LogP contribution in [-0.4, -0.2) is 22.4 Å². The van der Waals surface area contributed by atoms with Crippen LogP contribution in [0.3, 0.4) is 0 Å². The second-order valence-electron chi connectivity index (χ2n) is 6.94. The van der Waals surface area contributed by atoms with Crippen LogP contribution in [0.1, 0.15) is 38.8 Å². The second-order valence-corrected chi connectivity index (χ2v) is 7.37. The molecule has 0 radical (unpaired) electrons. The number of hydrogen-bond acceptors (Lipinski definition) is 5. The third-order valence-corrected chi connectivity index (χ3v) is 4.89. The first-order valence-electron chi connectivity index (χ1n) is 9.51. The molecule has 0 bridgehead atoms. The van der Waals surface area contributed by atoms with Gasteiger partial charge in [0.2, 0.25) is 0 Å². The zero-order valence-corrected chi connectivity index (χ0v) is 18.0. The molecule has 0 saturated carbocycles. The summed E-state index contributed by atoms with van der Waals surface area (Å²) in [7, 11) is 0. The van der Waals surface area contributed by atoms with Crippen molar-refractivity contribution in [3.8, 4) is 0 Å². The Morgan fingerprint density at radius 3 is 2.31 bits per heavy atom. The van der Waals surface area contributed by atoms with Gasteiger partial charge in [0.25, 0.3) is 17.5 Å². The molecule has 3 aromatic rings. The normalized spacial score (nSPS) is 11.0. The monoisotopic (exact) mass is 450 g/mol. The van der Waals surface area contributed by atoms with Crippen molar-refractivity contribution in [2.75, 3.05) is 5.32 Å². The van der Waals surface area contributed by atoms with Gasteiger partial charge in [-0.05, 0) is 61.9 Å². The molecular formula is C23H19ClN4O4. The largest absolute Gasteiger partial charge is 0.322 e. The van der Waals surface area contributed by atoms with Crippen molar-refractivity contribution in [2.45, 2.75) is 13.8 Å². The lowest BCUT2D eigenvalue weighted by Crippen LogP contribution is -2.19. The molecule has 8 nitrogen and oxygen atoms in total. The van der Waals surface area contributed by atoms with Crippen molar-refractivity contribution < 1.29 is 14.5 Å². The maximum atomic E-state index is 12.4. The lowest BCUT2D eigenvalue weighted by molar-refractivity contribution is -0.385. The van der Waals surface area contributed by atoms with E-state index in [-0.39, 0.29) is 17.2 Å². The Bertz CT molecular complexity index is 1220. The van der Waals surface area contributed by atoms with Gasteiger partial charge >= 0.3 is 0 Å². The first-order valence-corrected chi connectivity index (χ1v) is 9.89. The maximum Gasteiger partial charge on any atom is 0.273 e. The Labute approximate surface area is 189 Å². The Kier molecular flexibility index (Phi) is 6.97. The van der Waals surface area contributed by atoms with Gasteiger partial charge in [0, 0.05) is 33.5 Å². The van der Waals surface area contributed by atoms with E-state index < -0.39 is 10.8 Å². The Morgan fingerprint density at radius 2 is 1.62 bits per heavy atom. The Balaban J connectivity index is 1.71. The lowest BCUT2D eigenvalue weighted by atomic mass is 10.1. The van der Waals surface area contributed by atoms with E-state index in [9.17, 15) is 19.7 Å². The van der Waals surface area contributed by atoms with Gasteiger partial charge in [0.05, 0.1) is 10.6 Å².